The molecular weight excluding hydrogens is 195 g/mol. The van der Waals surface area contributed by atoms with Gasteiger partial charge >= 0.3 is 6.36 Å². The zero-order chi connectivity index (χ0) is 10.6. The van der Waals surface area contributed by atoms with Crippen molar-refractivity contribution in [3.8, 4) is 0 Å². The molecule has 78 valence electrons. The summed E-state index contributed by atoms with van der Waals surface area (Å²) in [4.78, 5) is 0. The molecule has 0 radical (unpaired) electrons. The van der Waals surface area contributed by atoms with E-state index in [1.807, 2.05) is 0 Å². The third-order valence-electron chi connectivity index (χ3n) is 1.63. The summed E-state index contributed by atoms with van der Waals surface area (Å²) < 4.78 is 39.2. The Labute approximate surface area is 79.5 Å². The molecule has 0 fully saturated rings. The standard InChI is InChI=1S/C9H10F3NO/c10-9(11,12)14-8-3-1-2-7(6-13)4-5-8/h2-5H,1,6,13H2. The minimum Gasteiger partial charge on any atom is -0.406 e. The lowest BCUT2D eigenvalue weighted by Crippen LogP contribution is -2.12. The number of rotatable bonds is 2. The van der Waals surface area contributed by atoms with Crippen molar-refractivity contribution >= 4 is 0 Å². The smallest absolute Gasteiger partial charge is 0.406 e. The highest BCUT2D eigenvalue weighted by Gasteiger charge is 2.31. The average Bonchev–Trinajstić information content (AvgIpc) is 2.27. The van der Waals surface area contributed by atoms with E-state index >= 15 is 0 Å². The minimum atomic E-state index is -4.64. The van der Waals surface area contributed by atoms with Crippen molar-refractivity contribution in [2.75, 3.05) is 6.54 Å². The highest BCUT2D eigenvalue weighted by molar-refractivity contribution is 5.30. The molecule has 0 saturated carbocycles. The number of alkyl halides is 3. The lowest BCUT2D eigenvalue weighted by Gasteiger charge is -2.08. The third-order valence-corrected chi connectivity index (χ3v) is 1.63. The van der Waals surface area contributed by atoms with Crippen molar-refractivity contribution in [1.82, 2.24) is 0 Å². The van der Waals surface area contributed by atoms with Gasteiger partial charge in [0.15, 0.2) is 0 Å². The fraction of sp³-hybridized carbons (Fsp3) is 0.333. The zero-order valence-electron chi connectivity index (χ0n) is 7.34. The van der Waals surface area contributed by atoms with Gasteiger partial charge in [-0.3, -0.25) is 0 Å². The molecular formula is C9H10F3NO. The van der Waals surface area contributed by atoms with E-state index in [2.05, 4.69) is 4.74 Å². The third kappa shape index (κ3) is 3.66. The van der Waals surface area contributed by atoms with Crippen molar-refractivity contribution in [2.45, 2.75) is 12.8 Å². The molecule has 14 heavy (non-hydrogen) atoms. The summed E-state index contributed by atoms with van der Waals surface area (Å²) in [5, 5.41) is 0. The molecule has 2 nitrogen and oxygen atoms in total. The Balaban J connectivity index is 2.63. The average molecular weight is 205 g/mol. The highest BCUT2D eigenvalue weighted by Crippen LogP contribution is 2.23. The number of halogens is 3. The predicted octanol–water partition coefficient (Wildman–Crippen LogP) is 2.25. The topological polar surface area (TPSA) is 35.2 Å². The van der Waals surface area contributed by atoms with Crippen molar-refractivity contribution in [3.05, 3.63) is 35.6 Å². The van der Waals surface area contributed by atoms with Gasteiger partial charge in [0.2, 0.25) is 0 Å². The fourth-order valence-corrected chi connectivity index (χ4v) is 1.01. The molecule has 0 aromatic heterocycles. The quantitative estimate of drug-likeness (QED) is 0.750. The van der Waals surface area contributed by atoms with Crippen LogP contribution in [-0.4, -0.2) is 12.9 Å². The summed E-state index contributed by atoms with van der Waals surface area (Å²) >= 11 is 0. The van der Waals surface area contributed by atoms with E-state index in [1.165, 1.54) is 18.2 Å². The summed E-state index contributed by atoms with van der Waals surface area (Å²) in [7, 11) is 0. The van der Waals surface area contributed by atoms with Crippen LogP contribution in [-0.2, 0) is 4.74 Å². The number of allylic oxidation sites excluding steroid dienone is 3. The molecule has 0 aliphatic heterocycles. The predicted molar refractivity (Wildman–Crippen MR) is 46.1 cm³/mol. The summed E-state index contributed by atoms with van der Waals surface area (Å²) in [6.07, 6.45) is 1.65. The maximum atomic E-state index is 11.8. The lowest BCUT2D eigenvalue weighted by molar-refractivity contribution is -0.303. The van der Waals surface area contributed by atoms with Crippen LogP contribution in [0.2, 0.25) is 0 Å². The van der Waals surface area contributed by atoms with Crippen LogP contribution >= 0.6 is 0 Å². The van der Waals surface area contributed by atoms with E-state index in [9.17, 15) is 13.2 Å². The summed E-state index contributed by atoms with van der Waals surface area (Å²) in [6.45, 7) is 0.309. The van der Waals surface area contributed by atoms with Gasteiger partial charge in [-0.05, 0) is 24.1 Å². The first-order valence-corrected chi connectivity index (χ1v) is 4.04. The van der Waals surface area contributed by atoms with Gasteiger partial charge in [0.05, 0.1) is 0 Å². The number of ether oxygens (including phenoxy) is 1. The van der Waals surface area contributed by atoms with E-state index in [0.29, 0.717) is 13.0 Å². The molecule has 0 saturated heterocycles. The monoisotopic (exact) mass is 205 g/mol. The molecule has 1 aliphatic rings. The molecule has 0 aromatic carbocycles. The second kappa shape index (κ2) is 4.32. The summed E-state index contributed by atoms with van der Waals surface area (Å²) in [5.41, 5.74) is 6.13. The van der Waals surface area contributed by atoms with E-state index in [0.717, 1.165) is 5.57 Å². The number of hydrogen-bond acceptors (Lipinski definition) is 2. The van der Waals surface area contributed by atoms with Crippen molar-refractivity contribution in [2.24, 2.45) is 5.73 Å². The van der Waals surface area contributed by atoms with Crippen LogP contribution in [0.25, 0.3) is 0 Å². The number of nitrogens with two attached hydrogens (primary N) is 1. The molecule has 5 heteroatoms. The van der Waals surface area contributed by atoms with Gasteiger partial charge in [-0.15, -0.1) is 13.2 Å². The molecule has 0 spiro atoms. The van der Waals surface area contributed by atoms with Crippen LogP contribution in [0.1, 0.15) is 6.42 Å². The van der Waals surface area contributed by atoms with Gasteiger partial charge in [0.25, 0.3) is 0 Å². The Kier molecular flexibility index (Phi) is 3.35. The second-order valence-corrected chi connectivity index (χ2v) is 2.71. The first-order valence-electron chi connectivity index (χ1n) is 4.04. The van der Waals surface area contributed by atoms with E-state index in [4.69, 9.17) is 5.73 Å². The Morgan fingerprint density at radius 1 is 1.29 bits per heavy atom. The molecule has 0 amide bonds. The molecule has 0 bridgehead atoms. The molecule has 0 unspecified atom stereocenters. The Hall–Kier alpha value is -1.23. The van der Waals surface area contributed by atoms with Gasteiger partial charge in [0.1, 0.15) is 5.76 Å². The van der Waals surface area contributed by atoms with Crippen LogP contribution in [0.4, 0.5) is 13.2 Å². The summed E-state index contributed by atoms with van der Waals surface area (Å²) in [6, 6.07) is 0. The van der Waals surface area contributed by atoms with Gasteiger partial charge < -0.3 is 10.5 Å². The van der Waals surface area contributed by atoms with Gasteiger partial charge in [0, 0.05) is 6.54 Å². The fourth-order valence-electron chi connectivity index (χ4n) is 1.01. The van der Waals surface area contributed by atoms with Crippen molar-refractivity contribution < 1.29 is 17.9 Å². The normalized spacial score (nSPS) is 17.1. The van der Waals surface area contributed by atoms with Gasteiger partial charge in [-0.2, -0.15) is 0 Å². The first-order chi connectivity index (χ1) is 6.51. The SMILES string of the molecule is NCC1=CCC=C(OC(F)(F)F)C=C1. The van der Waals surface area contributed by atoms with E-state index in [-0.39, 0.29) is 5.76 Å². The Bertz CT molecular complexity index is 289. The zero-order valence-corrected chi connectivity index (χ0v) is 7.34. The molecule has 1 aliphatic carbocycles. The van der Waals surface area contributed by atoms with Crippen molar-refractivity contribution in [3.63, 3.8) is 0 Å². The first kappa shape index (κ1) is 10.8. The lowest BCUT2D eigenvalue weighted by atomic mass is 10.2. The van der Waals surface area contributed by atoms with E-state index in [1.54, 1.807) is 6.08 Å². The Morgan fingerprint density at radius 3 is 2.57 bits per heavy atom. The largest absolute Gasteiger partial charge is 0.573 e. The maximum Gasteiger partial charge on any atom is 0.573 e. The highest BCUT2D eigenvalue weighted by atomic mass is 19.4. The van der Waals surface area contributed by atoms with Crippen LogP contribution in [0.5, 0.6) is 0 Å². The molecule has 0 atom stereocenters. The molecule has 0 heterocycles. The minimum absolute atomic E-state index is 0.197. The van der Waals surface area contributed by atoms with Crippen LogP contribution < -0.4 is 5.73 Å². The summed E-state index contributed by atoms with van der Waals surface area (Å²) in [5.74, 6) is -0.197. The van der Waals surface area contributed by atoms with Crippen molar-refractivity contribution in [1.29, 1.82) is 0 Å². The molecule has 1 rings (SSSR count). The van der Waals surface area contributed by atoms with Crippen LogP contribution in [0.3, 0.4) is 0 Å². The molecule has 0 aromatic rings. The second-order valence-electron chi connectivity index (χ2n) is 2.71. The van der Waals surface area contributed by atoms with Crippen LogP contribution in [0.15, 0.2) is 35.6 Å². The number of hydrogen-bond donors (Lipinski definition) is 1. The maximum absolute atomic E-state index is 11.8. The van der Waals surface area contributed by atoms with Gasteiger partial charge in [-0.25, -0.2) is 0 Å². The van der Waals surface area contributed by atoms with E-state index < -0.39 is 6.36 Å². The van der Waals surface area contributed by atoms with Crippen LogP contribution in [0, 0.1) is 0 Å². The van der Waals surface area contributed by atoms with Gasteiger partial charge in [-0.1, -0.05) is 12.2 Å². The molecule has 2 N–H and O–H groups in total. The Morgan fingerprint density at radius 2 is 2.00 bits per heavy atom.